The first-order chi connectivity index (χ1) is 11.1. The lowest BCUT2D eigenvalue weighted by Gasteiger charge is -2.11. The van der Waals surface area contributed by atoms with Crippen LogP contribution in [0.25, 0.3) is 6.08 Å². The molecule has 1 heterocycles. The molecule has 114 valence electrons. The highest BCUT2D eigenvalue weighted by Crippen LogP contribution is 2.34. The molecule has 0 saturated carbocycles. The fraction of sp³-hybridized carbons (Fsp3) is 0. The van der Waals surface area contributed by atoms with E-state index in [1.807, 2.05) is 36.4 Å². The third-order valence-electron chi connectivity index (χ3n) is 3.21. The maximum atomic E-state index is 12.4. The molecule has 0 aromatic heterocycles. The van der Waals surface area contributed by atoms with Crippen LogP contribution in [0.2, 0.25) is 5.02 Å². The second kappa shape index (κ2) is 6.86. The van der Waals surface area contributed by atoms with E-state index < -0.39 is 0 Å². The smallest absolute Gasteiger partial charge is 0.268 e. The molecular weight excluding hydrogens is 330 g/mol. The number of anilines is 1. The molecule has 2 aromatic rings. The molecule has 0 atom stereocenters. The minimum Gasteiger partial charge on any atom is -0.268 e. The summed E-state index contributed by atoms with van der Waals surface area (Å²) in [7, 11) is 0. The summed E-state index contributed by atoms with van der Waals surface area (Å²) in [6, 6.07) is 16.4. The van der Waals surface area contributed by atoms with Crippen molar-refractivity contribution in [3.05, 3.63) is 82.2 Å². The zero-order valence-electron chi connectivity index (χ0n) is 12.0. The zero-order valence-corrected chi connectivity index (χ0v) is 13.6. The largest absolute Gasteiger partial charge is 0.298 e. The van der Waals surface area contributed by atoms with Gasteiger partial charge in [0.25, 0.3) is 11.1 Å². The number of carbonyl (C=O) groups excluding carboxylic acids is 2. The minimum absolute atomic E-state index is 0.309. The number of rotatable bonds is 3. The van der Waals surface area contributed by atoms with Gasteiger partial charge in [-0.2, -0.15) is 0 Å². The van der Waals surface area contributed by atoms with E-state index >= 15 is 0 Å². The van der Waals surface area contributed by atoms with Gasteiger partial charge in [0, 0.05) is 5.02 Å². The zero-order chi connectivity index (χ0) is 16.2. The molecule has 0 unspecified atom stereocenters. The standard InChI is InChI=1S/C18H12ClNO2S/c19-14-9-11-15(12-10-14)20-17(21)16(23-18(20)22)8-4-7-13-5-2-1-3-6-13/h1-12H/b7-4+,16-8-. The fourth-order valence-corrected chi connectivity index (χ4v) is 3.02. The van der Waals surface area contributed by atoms with Crippen LogP contribution in [0.1, 0.15) is 5.56 Å². The van der Waals surface area contributed by atoms with Gasteiger partial charge < -0.3 is 0 Å². The van der Waals surface area contributed by atoms with Gasteiger partial charge in [-0.3, -0.25) is 9.59 Å². The Labute approximate surface area is 143 Å². The molecule has 2 amide bonds. The number of benzene rings is 2. The Bertz CT molecular complexity index is 798. The van der Waals surface area contributed by atoms with E-state index in [1.165, 1.54) is 0 Å². The Balaban J connectivity index is 1.79. The van der Waals surface area contributed by atoms with E-state index in [0.717, 1.165) is 22.2 Å². The van der Waals surface area contributed by atoms with Gasteiger partial charge in [-0.25, -0.2) is 4.90 Å². The quantitative estimate of drug-likeness (QED) is 0.725. The number of halogens is 1. The molecule has 1 aliphatic heterocycles. The van der Waals surface area contributed by atoms with Crippen molar-refractivity contribution >= 4 is 46.3 Å². The Morgan fingerprint density at radius 2 is 1.65 bits per heavy atom. The van der Waals surface area contributed by atoms with Crippen molar-refractivity contribution < 1.29 is 9.59 Å². The average Bonchev–Trinajstić information content (AvgIpc) is 2.84. The lowest BCUT2D eigenvalue weighted by atomic mass is 10.2. The highest BCUT2D eigenvalue weighted by atomic mass is 35.5. The van der Waals surface area contributed by atoms with Crippen LogP contribution in [-0.2, 0) is 4.79 Å². The van der Waals surface area contributed by atoms with Crippen LogP contribution in [-0.4, -0.2) is 11.1 Å². The van der Waals surface area contributed by atoms with E-state index in [9.17, 15) is 9.59 Å². The second-order valence-electron chi connectivity index (χ2n) is 4.79. The molecule has 0 radical (unpaired) electrons. The van der Waals surface area contributed by atoms with Gasteiger partial charge in [0.2, 0.25) is 0 Å². The highest BCUT2D eigenvalue weighted by molar-refractivity contribution is 8.18. The molecular formula is C18H12ClNO2S. The summed E-state index contributed by atoms with van der Waals surface area (Å²) in [6.45, 7) is 0. The molecule has 3 rings (SSSR count). The normalized spacial score (nSPS) is 16.7. The van der Waals surface area contributed by atoms with Crippen molar-refractivity contribution in [2.45, 2.75) is 0 Å². The number of carbonyl (C=O) groups is 2. The van der Waals surface area contributed by atoms with Crippen molar-refractivity contribution in [2.75, 3.05) is 4.90 Å². The summed E-state index contributed by atoms with van der Waals surface area (Å²) in [5, 5.41) is 0.249. The SMILES string of the molecule is O=C1S/C(=C\C=C\c2ccccc2)C(=O)N1c1ccc(Cl)cc1. The molecule has 3 nitrogen and oxygen atoms in total. The van der Waals surface area contributed by atoms with E-state index in [0.29, 0.717) is 15.6 Å². The van der Waals surface area contributed by atoms with Gasteiger partial charge in [-0.15, -0.1) is 0 Å². The molecule has 0 aliphatic carbocycles. The van der Waals surface area contributed by atoms with Crippen molar-refractivity contribution in [3.63, 3.8) is 0 Å². The third kappa shape index (κ3) is 3.55. The fourth-order valence-electron chi connectivity index (χ4n) is 2.11. The van der Waals surface area contributed by atoms with Crippen LogP contribution in [0.5, 0.6) is 0 Å². The Morgan fingerprint density at radius 3 is 2.35 bits per heavy atom. The van der Waals surface area contributed by atoms with Crippen LogP contribution in [0, 0.1) is 0 Å². The Kier molecular flexibility index (Phi) is 4.65. The number of allylic oxidation sites excluding steroid dienone is 2. The molecule has 23 heavy (non-hydrogen) atoms. The molecule has 5 heteroatoms. The van der Waals surface area contributed by atoms with Gasteiger partial charge in [-0.05, 0) is 47.7 Å². The Hall–Kier alpha value is -2.30. The van der Waals surface area contributed by atoms with Gasteiger partial charge in [0.05, 0.1) is 10.6 Å². The first-order valence-electron chi connectivity index (χ1n) is 6.90. The maximum absolute atomic E-state index is 12.4. The lowest BCUT2D eigenvalue weighted by Crippen LogP contribution is -2.27. The number of amides is 2. The first kappa shape index (κ1) is 15.6. The molecule has 2 aromatic carbocycles. The van der Waals surface area contributed by atoms with E-state index in [1.54, 1.807) is 36.4 Å². The van der Waals surface area contributed by atoms with Crippen molar-refractivity contribution in [1.29, 1.82) is 0 Å². The molecule has 0 spiro atoms. The summed E-state index contributed by atoms with van der Waals surface area (Å²) < 4.78 is 0. The maximum Gasteiger partial charge on any atom is 0.298 e. The first-order valence-corrected chi connectivity index (χ1v) is 8.10. The molecule has 0 bridgehead atoms. The minimum atomic E-state index is -0.319. The number of nitrogens with zero attached hydrogens (tertiary/aromatic N) is 1. The summed E-state index contributed by atoms with van der Waals surface area (Å²) >= 11 is 6.76. The van der Waals surface area contributed by atoms with Crippen molar-refractivity contribution in [3.8, 4) is 0 Å². The summed E-state index contributed by atoms with van der Waals surface area (Å²) in [5.41, 5.74) is 1.55. The van der Waals surface area contributed by atoms with E-state index in [-0.39, 0.29) is 11.1 Å². The topological polar surface area (TPSA) is 37.4 Å². The number of hydrogen-bond donors (Lipinski definition) is 0. The third-order valence-corrected chi connectivity index (χ3v) is 4.35. The Morgan fingerprint density at radius 1 is 0.957 bits per heavy atom. The van der Waals surface area contributed by atoms with Gasteiger partial charge in [0.15, 0.2) is 0 Å². The summed E-state index contributed by atoms with van der Waals surface area (Å²) in [4.78, 5) is 26.0. The lowest BCUT2D eigenvalue weighted by molar-refractivity contribution is -0.113. The van der Waals surface area contributed by atoms with E-state index in [4.69, 9.17) is 11.6 Å². The summed E-state index contributed by atoms with van der Waals surface area (Å²) in [6.07, 6.45) is 5.32. The number of thioether (sulfide) groups is 1. The highest BCUT2D eigenvalue weighted by Gasteiger charge is 2.35. The van der Waals surface area contributed by atoms with Crippen molar-refractivity contribution in [2.24, 2.45) is 0 Å². The van der Waals surface area contributed by atoms with E-state index in [2.05, 4.69) is 0 Å². The predicted molar refractivity (Wildman–Crippen MR) is 95.5 cm³/mol. The van der Waals surface area contributed by atoms with Gasteiger partial charge in [0.1, 0.15) is 0 Å². The second-order valence-corrected chi connectivity index (χ2v) is 6.22. The van der Waals surface area contributed by atoms with Gasteiger partial charge >= 0.3 is 0 Å². The average molecular weight is 342 g/mol. The number of imide groups is 1. The van der Waals surface area contributed by atoms with Gasteiger partial charge in [-0.1, -0.05) is 54.1 Å². The van der Waals surface area contributed by atoms with Crippen LogP contribution in [0.4, 0.5) is 10.5 Å². The van der Waals surface area contributed by atoms with Crippen molar-refractivity contribution in [1.82, 2.24) is 0 Å². The number of hydrogen-bond acceptors (Lipinski definition) is 3. The molecule has 0 N–H and O–H groups in total. The van der Waals surface area contributed by atoms with Crippen LogP contribution < -0.4 is 4.90 Å². The van der Waals surface area contributed by atoms with Crippen LogP contribution in [0.15, 0.2) is 71.7 Å². The monoisotopic (exact) mass is 341 g/mol. The molecule has 1 saturated heterocycles. The van der Waals surface area contributed by atoms with Crippen LogP contribution in [0.3, 0.4) is 0 Å². The molecule has 1 aliphatic rings. The van der Waals surface area contributed by atoms with Crippen LogP contribution >= 0.6 is 23.4 Å². The summed E-state index contributed by atoms with van der Waals surface area (Å²) in [5.74, 6) is -0.319. The predicted octanol–water partition coefficient (Wildman–Crippen LogP) is 5.14. The molecule has 1 fully saturated rings.